The highest BCUT2D eigenvalue weighted by Gasteiger charge is 2.13. The summed E-state index contributed by atoms with van der Waals surface area (Å²) in [4.78, 5) is 12.3. The van der Waals surface area contributed by atoms with Crippen molar-refractivity contribution >= 4 is 44.8 Å². The van der Waals surface area contributed by atoms with Crippen LogP contribution in [0, 0.1) is 12.7 Å². The van der Waals surface area contributed by atoms with Gasteiger partial charge in [-0.3, -0.25) is 4.79 Å². The second-order valence-electron chi connectivity index (χ2n) is 7.01. The second kappa shape index (κ2) is 11.2. The maximum absolute atomic E-state index is 13.3. The Morgan fingerprint density at radius 2 is 1.72 bits per heavy atom. The number of rotatable bonds is 9. The van der Waals surface area contributed by atoms with Crippen LogP contribution in [0.5, 0.6) is 11.5 Å². The van der Waals surface area contributed by atoms with Crippen LogP contribution in [-0.4, -0.2) is 19.1 Å². The maximum atomic E-state index is 13.3. The monoisotopic (exact) mass is 520 g/mol. The fourth-order valence-corrected chi connectivity index (χ4v) is 3.52. The van der Waals surface area contributed by atoms with Crippen molar-refractivity contribution in [3.05, 3.63) is 81.0 Å². The fourth-order valence-electron chi connectivity index (χ4n) is 2.87. The number of halogens is 3. The Morgan fingerprint density at radius 1 is 1.03 bits per heavy atom. The van der Waals surface area contributed by atoms with Gasteiger partial charge in [0.2, 0.25) is 0 Å². The van der Waals surface area contributed by atoms with Gasteiger partial charge >= 0.3 is 0 Å². The van der Waals surface area contributed by atoms with Crippen LogP contribution < -0.4 is 20.1 Å². The molecule has 0 fully saturated rings. The molecular weight excluding hydrogens is 499 g/mol. The summed E-state index contributed by atoms with van der Waals surface area (Å²) in [6.07, 6.45) is 0. The van der Waals surface area contributed by atoms with Crippen molar-refractivity contribution in [3.8, 4) is 11.5 Å². The van der Waals surface area contributed by atoms with Gasteiger partial charge in [0, 0.05) is 22.4 Å². The van der Waals surface area contributed by atoms with Crippen LogP contribution in [-0.2, 0) is 11.3 Å². The fraction of sp³-hybridized carbons (Fsp3) is 0.208. The SMILES string of the molecule is CCOc1cc(CNc2ccc(F)c(Cl)c2)c(Br)cc1OCC(=O)Nc1ccc(C)cc1. The molecule has 0 aliphatic heterocycles. The van der Waals surface area contributed by atoms with E-state index in [1.165, 1.54) is 12.1 Å². The van der Waals surface area contributed by atoms with Gasteiger partial charge in [0.25, 0.3) is 5.91 Å². The number of carbonyl (C=O) groups is 1. The molecule has 2 N–H and O–H groups in total. The molecule has 32 heavy (non-hydrogen) atoms. The zero-order valence-electron chi connectivity index (χ0n) is 17.7. The summed E-state index contributed by atoms with van der Waals surface area (Å²) in [6.45, 7) is 4.57. The number of amides is 1. The lowest BCUT2D eigenvalue weighted by Gasteiger charge is -2.16. The van der Waals surface area contributed by atoms with E-state index in [9.17, 15) is 9.18 Å². The van der Waals surface area contributed by atoms with Gasteiger partial charge in [-0.1, -0.05) is 45.2 Å². The zero-order chi connectivity index (χ0) is 23.1. The van der Waals surface area contributed by atoms with Gasteiger partial charge in [-0.25, -0.2) is 4.39 Å². The highest BCUT2D eigenvalue weighted by molar-refractivity contribution is 9.10. The summed E-state index contributed by atoms with van der Waals surface area (Å²) in [6, 6.07) is 15.6. The first-order valence-corrected chi connectivity index (χ1v) is 11.2. The molecule has 0 heterocycles. The summed E-state index contributed by atoms with van der Waals surface area (Å²) in [7, 11) is 0. The van der Waals surface area contributed by atoms with Gasteiger partial charge in [0.15, 0.2) is 18.1 Å². The average Bonchev–Trinajstić information content (AvgIpc) is 2.77. The highest BCUT2D eigenvalue weighted by atomic mass is 79.9. The smallest absolute Gasteiger partial charge is 0.262 e. The van der Waals surface area contributed by atoms with E-state index in [-0.39, 0.29) is 17.5 Å². The van der Waals surface area contributed by atoms with Crippen molar-refractivity contribution in [1.82, 2.24) is 0 Å². The summed E-state index contributed by atoms with van der Waals surface area (Å²) in [5.74, 6) is 0.232. The van der Waals surface area contributed by atoms with Crippen molar-refractivity contribution in [2.24, 2.45) is 0 Å². The molecule has 0 aromatic heterocycles. The number of nitrogens with one attached hydrogen (secondary N) is 2. The Labute approximate surface area is 200 Å². The number of benzene rings is 3. The predicted octanol–water partition coefficient (Wildman–Crippen LogP) is 6.58. The molecule has 5 nitrogen and oxygen atoms in total. The van der Waals surface area contributed by atoms with Crippen molar-refractivity contribution in [3.63, 3.8) is 0 Å². The third kappa shape index (κ3) is 6.61. The number of ether oxygens (including phenoxy) is 2. The quantitative estimate of drug-likeness (QED) is 0.334. The van der Waals surface area contributed by atoms with E-state index in [0.717, 1.165) is 15.6 Å². The lowest BCUT2D eigenvalue weighted by molar-refractivity contribution is -0.118. The Hall–Kier alpha value is -2.77. The van der Waals surface area contributed by atoms with Crippen LogP contribution in [0.2, 0.25) is 5.02 Å². The minimum absolute atomic E-state index is 0.0525. The van der Waals surface area contributed by atoms with E-state index >= 15 is 0 Å². The van der Waals surface area contributed by atoms with Crippen LogP contribution in [0.15, 0.2) is 59.1 Å². The Morgan fingerprint density at radius 3 is 2.41 bits per heavy atom. The van der Waals surface area contributed by atoms with Gasteiger partial charge in [0.1, 0.15) is 5.82 Å². The highest BCUT2D eigenvalue weighted by Crippen LogP contribution is 2.34. The van der Waals surface area contributed by atoms with Gasteiger partial charge < -0.3 is 20.1 Å². The molecule has 0 saturated carbocycles. The molecule has 168 valence electrons. The van der Waals surface area contributed by atoms with Crippen LogP contribution >= 0.6 is 27.5 Å². The molecule has 0 spiro atoms. The molecule has 0 bridgehead atoms. The van der Waals surface area contributed by atoms with E-state index < -0.39 is 5.82 Å². The number of anilines is 2. The molecule has 8 heteroatoms. The molecule has 0 saturated heterocycles. The molecule has 1 amide bonds. The van der Waals surface area contributed by atoms with Crippen LogP contribution in [0.25, 0.3) is 0 Å². The minimum atomic E-state index is -0.468. The molecule has 3 rings (SSSR count). The second-order valence-corrected chi connectivity index (χ2v) is 8.27. The molecule has 0 atom stereocenters. The molecule has 3 aromatic rings. The van der Waals surface area contributed by atoms with Gasteiger partial charge in [0.05, 0.1) is 11.6 Å². The molecular formula is C24H23BrClFN2O3. The lowest BCUT2D eigenvalue weighted by Crippen LogP contribution is -2.20. The molecule has 3 aromatic carbocycles. The van der Waals surface area contributed by atoms with Crippen molar-refractivity contribution in [2.45, 2.75) is 20.4 Å². The van der Waals surface area contributed by atoms with Crippen molar-refractivity contribution < 1.29 is 18.7 Å². The summed E-state index contributed by atoms with van der Waals surface area (Å²) in [5.41, 5.74) is 3.40. The third-order valence-corrected chi connectivity index (χ3v) is 5.54. The average molecular weight is 522 g/mol. The standard InChI is InChI=1S/C24H23BrClFN2O3/c1-3-31-22-10-16(13-28-18-8-9-21(27)20(26)11-18)19(25)12-23(22)32-14-24(30)29-17-6-4-15(2)5-7-17/h4-12,28H,3,13-14H2,1-2H3,(H,29,30). The predicted molar refractivity (Wildman–Crippen MR) is 129 cm³/mol. The van der Waals surface area contributed by atoms with E-state index in [1.807, 2.05) is 44.2 Å². The van der Waals surface area contributed by atoms with E-state index in [4.69, 9.17) is 21.1 Å². The van der Waals surface area contributed by atoms with Crippen molar-refractivity contribution in [1.29, 1.82) is 0 Å². The normalized spacial score (nSPS) is 10.5. The third-order valence-electron chi connectivity index (χ3n) is 4.51. The molecule has 0 radical (unpaired) electrons. The molecule has 0 unspecified atom stereocenters. The van der Waals surface area contributed by atoms with Gasteiger partial charge in [-0.15, -0.1) is 0 Å². The number of hydrogen-bond acceptors (Lipinski definition) is 4. The number of carbonyl (C=O) groups excluding carboxylic acids is 1. The van der Waals surface area contributed by atoms with Crippen LogP contribution in [0.4, 0.5) is 15.8 Å². The first-order chi connectivity index (χ1) is 15.4. The number of hydrogen-bond donors (Lipinski definition) is 2. The van der Waals surface area contributed by atoms with Crippen molar-refractivity contribution in [2.75, 3.05) is 23.8 Å². The van der Waals surface area contributed by atoms with Crippen LogP contribution in [0.1, 0.15) is 18.1 Å². The first-order valence-electron chi connectivity index (χ1n) is 9.99. The zero-order valence-corrected chi connectivity index (χ0v) is 20.0. The van der Waals surface area contributed by atoms with E-state index in [0.29, 0.717) is 36.0 Å². The molecule has 0 aliphatic carbocycles. The Kier molecular flexibility index (Phi) is 8.36. The minimum Gasteiger partial charge on any atom is -0.490 e. The Balaban J connectivity index is 1.66. The summed E-state index contributed by atoms with van der Waals surface area (Å²) in [5, 5.41) is 6.05. The first kappa shape index (κ1) is 23.9. The Bertz CT molecular complexity index is 1090. The lowest BCUT2D eigenvalue weighted by atomic mass is 10.2. The van der Waals surface area contributed by atoms with Crippen LogP contribution in [0.3, 0.4) is 0 Å². The van der Waals surface area contributed by atoms with E-state index in [2.05, 4.69) is 26.6 Å². The van der Waals surface area contributed by atoms with E-state index in [1.54, 1.807) is 12.1 Å². The largest absolute Gasteiger partial charge is 0.490 e. The van der Waals surface area contributed by atoms with Gasteiger partial charge in [-0.2, -0.15) is 0 Å². The van der Waals surface area contributed by atoms with Gasteiger partial charge in [-0.05, 0) is 61.9 Å². The summed E-state index contributed by atoms with van der Waals surface area (Å²) < 4.78 is 25.6. The molecule has 0 aliphatic rings. The number of aryl methyl sites for hydroxylation is 1. The maximum Gasteiger partial charge on any atom is 0.262 e. The topological polar surface area (TPSA) is 59.6 Å². The summed E-state index contributed by atoms with van der Waals surface area (Å²) >= 11 is 9.38.